The molecule has 0 aliphatic carbocycles. The molecular weight excluding hydrogens is 288 g/mol. The van der Waals surface area contributed by atoms with Gasteiger partial charge in [-0.2, -0.15) is 0 Å². The van der Waals surface area contributed by atoms with Crippen LogP contribution in [0.4, 0.5) is 11.5 Å². The molecule has 2 rings (SSSR count). The van der Waals surface area contributed by atoms with Crippen molar-refractivity contribution in [1.82, 2.24) is 9.97 Å². The average Bonchev–Trinajstić information content (AvgIpc) is 2.53. The summed E-state index contributed by atoms with van der Waals surface area (Å²) in [5.74, 6) is -0.0587. The molecule has 1 heterocycles. The van der Waals surface area contributed by atoms with Gasteiger partial charge in [-0.3, -0.25) is 0 Å². The van der Waals surface area contributed by atoms with Crippen LogP contribution >= 0.6 is 12.2 Å². The van der Waals surface area contributed by atoms with Crippen molar-refractivity contribution in [3.8, 4) is 0 Å². The van der Waals surface area contributed by atoms with E-state index < -0.39 is 5.97 Å². The number of esters is 1. The molecule has 0 spiro atoms. The second-order valence-electron chi connectivity index (χ2n) is 4.17. The highest BCUT2D eigenvalue weighted by Gasteiger charge is 2.15. The number of hydrogen-bond donors (Lipinski definition) is 1. The van der Waals surface area contributed by atoms with Crippen LogP contribution in [0.25, 0.3) is 0 Å². The molecule has 2 N–H and O–H groups in total. The van der Waals surface area contributed by atoms with Gasteiger partial charge in [0.25, 0.3) is 0 Å². The number of hydrogen-bond acceptors (Lipinski definition) is 6. The Hall–Kier alpha value is -2.54. The molecule has 6 nitrogen and oxygen atoms in total. The molecule has 0 amide bonds. The maximum atomic E-state index is 11.5. The van der Waals surface area contributed by atoms with Gasteiger partial charge in [0.1, 0.15) is 10.8 Å². The zero-order valence-electron chi connectivity index (χ0n) is 11.6. The minimum absolute atomic E-state index is 0.00495. The summed E-state index contributed by atoms with van der Waals surface area (Å²) in [6.07, 6.45) is 1.49. The predicted octanol–water partition coefficient (Wildman–Crippen LogP) is 1.67. The molecule has 0 saturated heterocycles. The summed E-state index contributed by atoms with van der Waals surface area (Å²) < 4.78 is 4.62. The van der Waals surface area contributed by atoms with Crippen LogP contribution in [0.1, 0.15) is 16.2 Å². The van der Waals surface area contributed by atoms with E-state index >= 15 is 0 Å². The molecule has 2 aromatic rings. The first-order chi connectivity index (χ1) is 10.0. The lowest BCUT2D eigenvalue weighted by atomic mass is 10.1. The second-order valence-corrected chi connectivity index (χ2v) is 4.61. The molecule has 0 saturated carbocycles. The number of benzene rings is 1. The van der Waals surface area contributed by atoms with Crippen LogP contribution < -0.4 is 10.6 Å². The number of ether oxygens (including phenoxy) is 1. The largest absolute Gasteiger partial charge is 0.463 e. The van der Waals surface area contributed by atoms with E-state index in [2.05, 4.69) is 14.7 Å². The molecule has 0 fully saturated rings. The summed E-state index contributed by atoms with van der Waals surface area (Å²) in [5.41, 5.74) is 7.25. The zero-order chi connectivity index (χ0) is 15.4. The average molecular weight is 302 g/mol. The number of methoxy groups -OCH3 is 1. The van der Waals surface area contributed by atoms with Crippen LogP contribution in [0.5, 0.6) is 0 Å². The Bertz CT molecular complexity index is 690. The van der Waals surface area contributed by atoms with Crippen molar-refractivity contribution >= 4 is 34.7 Å². The molecule has 108 valence electrons. The van der Waals surface area contributed by atoms with Crippen LogP contribution in [0.15, 0.2) is 36.5 Å². The summed E-state index contributed by atoms with van der Waals surface area (Å²) in [7, 11) is 3.09. The first kappa shape index (κ1) is 14.9. The SMILES string of the molecule is COC(=O)c1nccc(N(C)c2ccccc2C(N)=S)n1. The van der Waals surface area contributed by atoms with Crippen molar-refractivity contribution in [2.24, 2.45) is 5.73 Å². The van der Waals surface area contributed by atoms with E-state index in [0.29, 0.717) is 10.8 Å². The van der Waals surface area contributed by atoms with Gasteiger partial charge in [0.15, 0.2) is 0 Å². The summed E-state index contributed by atoms with van der Waals surface area (Å²) >= 11 is 5.05. The van der Waals surface area contributed by atoms with Gasteiger partial charge in [0, 0.05) is 18.8 Å². The van der Waals surface area contributed by atoms with Crippen molar-refractivity contribution < 1.29 is 9.53 Å². The van der Waals surface area contributed by atoms with Gasteiger partial charge in [-0.1, -0.05) is 24.4 Å². The van der Waals surface area contributed by atoms with Crippen LogP contribution in [-0.4, -0.2) is 35.1 Å². The Morgan fingerprint density at radius 2 is 2.05 bits per heavy atom. The number of thiocarbonyl (C=S) groups is 1. The van der Waals surface area contributed by atoms with Gasteiger partial charge < -0.3 is 15.4 Å². The lowest BCUT2D eigenvalue weighted by Gasteiger charge is -2.21. The van der Waals surface area contributed by atoms with Crippen LogP contribution in [-0.2, 0) is 4.74 Å². The number of anilines is 2. The van der Waals surface area contributed by atoms with E-state index in [1.807, 2.05) is 24.3 Å². The molecule has 0 aliphatic rings. The van der Waals surface area contributed by atoms with E-state index in [0.717, 1.165) is 11.3 Å². The topological polar surface area (TPSA) is 81.3 Å². The minimum atomic E-state index is -0.590. The molecule has 0 bridgehead atoms. The minimum Gasteiger partial charge on any atom is -0.463 e. The van der Waals surface area contributed by atoms with E-state index in [1.54, 1.807) is 18.0 Å². The van der Waals surface area contributed by atoms with Gasteiger partial charge in [0.2, 0.25) is 5.82 Å². The monoisotopic (exact) mass is 302 g/mol. The number of nitrogens with zero attached hydrogens (tertiary/aromatic N) is 3. The fraction of sp³-hybridized carbons (Fsp3) is 0.143. The molecule has 0 radical (unpaired) electrons. The van der Waals surface area contributed by atoms with Crippen molar-refractivity contribution in [2.45, 2.75) is 0 Å². The number of nitrogens with two attached hydrogens (primary N) is 1. The molecule has 7 heteroatoms. The first-order valence-electron chi connectivity index (χ1n) is 6.08. The van der Waals surface area contributed by atoms with Crippen LogP contribution in [0.3, 0.4) is 0 Å². The highest BCUT2D eigenvalue weighted by atomic mass is 32.1. The highest BCUT2D eigenvalue weighted by molar-refractivity contribution is 7.80. The molecule has 0 unspecified atom stereocenters. The Morgan fingerprint density at radius 3 is 2.71 bits per heavy atom. The lowest BCUT2D eigenvalue weighted by molar-refractivity contribution is 0.0587. The summed E-state index contributed by atoms with van der Waals surface area (Å²) in [6, 6.07) is 9.11. The molecule has 0 atom stereocenters. The van der Waals surface area contributed by atoms with Crippen LogP contribution in [0, 0.1) is 0 Å². The third-order valence-electron chi connectivity index (χ3n) is 2.88. The smallest absolute Gasteiger partial charge is 0.376 e. The fourth-order valence-electron chi connectivity index (χ4n) is 1.82. The lowest BCUT2D eigenvalue weighted by Crippen LogP contribution is -2.19. The number of aromatic nitrogens is 2. The van der Waals surface area contributed by atoms with Crippen molar-refractivity contribution in [3.05, 3.63) is 47.9 Å². The predicted molar refractivity (Wildman–Crippen MR) is 83.8 cm³/mol. The van der Waals surface area contributed by atoms with Crippen LogP contribution in [0.2, 0.25) is 0 Å². The van der Waals surface area contributed by atoms with E-state index in [-0.39, 0.29) is 5.82 Å². The molecule has 1 aromatic carbocycles. The Balaban J connectivity index is 2.43. The third kappa shape index (κ3) is 3.14. The summed E-state index contributed by atoms with van der Waals surface area (Å²) in [6.45, 7) is 0. The Kier molecular flexibility index (Phi) is 4.44. The normalized spacial score (nSPS) is 10.0. The first-order valence-corrected chi connectivity index (χ1v) is 6.49. The van der Waals surface area contributed by atoms with E-state index in [9.17, 15) is 4.79 Å². The highest BCUT2D eigenvalue weighted by Crippen LogP contribution is 2.25. The molecule has 21 heavy (non-hydrogen) atoms. The van der Waals surface area contributed by atoms with Gasteiger partial charge in [-0.25, -0.2) is 14.8 Å². The number of carbonyl (C=O) groups is 1. The van der Waals surface area contributed by atoms with Gasteiger partial charge in [0.05, 0.1) is 12.8 Å². The van der Waals surface area contributed by atoms with Gasteiger partial charge in [-0.15, -0.1) is 0 Å². The second kappa shape index (κ2) is 6.27. The third-order valence-corrected chi connectivity index (χ3v) is 3.10. The standard InChI is InChI=1S/C14H14N4O2S/c1-18(10-6-4-3-5-9(10)12(15)21)11-7-8-16-13(17-11)14(19)20-2/h3-8H,1-2H3,(H2,15,21). The Labute approximate surface area is 127 Å². The number of carbonyl (C=O) groups excluding carboxylic acids is 1. The fourth-order valence-corrected chi connectivity index (χ4v) is 2.00. The zero-order valence-corrected chi connectivity index (χ0v) is 12.4. The maximum Gasteiger partial charge on any atom is 0.376 e. The van der Waals surface area contributed by atoms with Crippen molar-refractivity contribution in [3.63, 3.8) is 0 Å². The molecule has 1 aromatic heterocycles. The summed E-state index contributed by atoms with van der Waals surface area (Å²) in [5, 5.41) is 0. The number of para-hydroxylation sites is 1. The Morgan fingerprint density at radius 1 is 1.33 bits per heavy atom. The quantitative estimate of drug-likeness (QED) is 0.679. The van der Waals surface area contributed by atoms with E-state index in [1.165, 1.54) is 13.3 Å². The number of rotatable bonds is 4. The maximum absolute atomic E-state index is 11.5. The van der Waals surface area contributed by atoms with Gasteiger partial charge in [-0.05, 0) is 18.2 Å². The summed E-state index contributed by atoms with van der Waals surface area (Å²) in [4.78, 5) is 21.6. The van der Waals surface area contributed by atoms with Gasteiger partial charge >= 0.3 is 5.97 Å². The van der Waals surface area contributed by atoms with Crippen molar-refractivity contribution in [2.75, 3.05) is 19.1 Å². The molecule has 0 aliphatic heterocycles. The van der Waals surface area contributed by atoms with E-state index in [4.69, 9.17) is 18.0 Å². The van der Waals surface area contributed by atoms with Crippen molar-refractivity contribution in [1.29, 1.82) is 0 Å². The molecular formula is C14H14N4O2S.